The summed E-state index contributed by atoms with van der Waals surface area (Å²) in [5.41, 5.74) is 2.33. The minimum absolute atomic E-state index is 0.378. The molecule has 1 N–H and O–H groups in total. The number of carbonyl (C=O) groups is 1. The molecule has 0 spiro atoms. The van der Waals surface area contributed by atoms with Crippen molar-refractivity contribution in [3.63, 3.8) is 0 Å². The Morgan fingerprint density at radius 3 is 2.81 bits per heavy atom. The van der Waals surface area contributed by atoms with Gasteiger partial charge in [-0.15, -0.1) is 0 Å². The van der Waals surface area contributed by atoms with Gasteiger partial charge in [-0.1, -0.05) is 18.5 Å². The summed E-state index contributed by atoms with van der Waals surface area (Å²) in [6.45, 7) is 2.05. The van der Waals surface area contributed by atoms with Crippen molar-refractivity contribution in [2.75, 3.05) is 7.11 Å². The molecule has 3 nitrogen and oxygen atoms in total. The second-order valence-electron chi connectivity index (χ2n) is 3.56. The van der Waals surface area contributed by atoms with E-state index in [1.54, 1.807) is 6.07 Å². The number of esters is 1. The molecular weight excluding hydrogens is 226 g/mol. The van der Waals surface area contributed by atoms with Crippen molar-refractivity contribution in [1.29, 1.82) is 0 Å². The maximum absolute atomic E-state index is 11.6. The van der Waals surface area contributed by atoms with Crippen molar-refractivity contribution >= 4 is 28.5 Å². The molecule has 0 saturated carbocycles. The van der Waals surface area contributed by atoms with E-state index in [1.165, 1.54) is 7.11 Å². The zero-order valence-electron chi connectivity index (χ0n) is 9.13. The van der Waals surface area contributed by atoms with Crippen LogP contribution in [-0.4, -0.2) is 18.1 Å². The number of fused-ring (bicyclic) bond motifs is 1. The lowest BCUT2D eigenvalue weighted by molar-refractivity contribution is 0.0603. The third-order valence-corrected chi connectivity index (χ3v) is 2.75. The topological polar surface area (TPSA) is 42.1 Å². The standard InChI is InChI=1S/C12H12ClNO2/c1-3-9-5-7-4-8(13)6-10(11(7)14-9)12(15)16-2/h4-6,14H,3H2,1-2H3. The van der Waals surface area contributed by atoms with Crippen molar-refractivity contribution in [2.24, 2.45) is 0 Å². The van der Waals surface area contributed by atoms with Crippen LogP contribution in [0.25, 0.3) is 10.9 Å². The largest absolute Gasteiger partial charge is 0.465 e. The quantitative estimate of drug-likeness (QED) is 0.816. The van der Waals surface area contributed by atoms with Crippen LogP contribution in [0.5, 0.6) is 0 Å². The van der Waals surface area contributed by atoms with E-state index < -0.39 is 0 Å². The fraction of sp³-hybridized carbons (Fsp3) is 0.250. The highest BCUT2D eigenvalue weighted by molar-refractivity contribution is 6.32. The van der Waals surface area contributed by atoms with E-state index in [9.17, 15) is 4.79 Å². The number of hydrogen-bond acceptors (Lipinski definition) is 2. The van der Waals surface area contributed by atoms with E-state index in [0.29, 0.717) is 10.6 Å². The lowest BCUT2D eigenvalue weighted by atomic mass is 10.1. The van der Waals surface area contributed by atoms with Crippen molar-refractivity contribution in [3.8, 4) is 0 Å². The Bertz CT molecular complexity index is 545. The van der Waals surface area contributed by atoms with E-state index in [2.05, 4.69) is 4.98 Å². The van der Waals surface area contributed by atoms with Crippen LogP contribution in [0, 0.1) is 0 Å². The first-order valence-electron chi connectivity index (χ1n) is 5.05. The van der Waals surface area contributed by atoms with Crippen LogP contribution in [0.1, 0.15) is 23.0 Å². The fourth-order valence-corrected chi connectivity index (χ4v) is 1.95. The summed E-state index contributed by atoms with van der Waals surface area (Å²) in [6.07, 6.45) is 0.882. The van der Waals surface area contributed by atoms with E-state index in [4.69, 9.17) is 16.3 Å². The first-order valence-corrected chi connectivity index (χ1v) is 5.43. The number of aryl methyl sites for hydroxylation is 1. The molecule has 84 valence electrons. The summed E-state index contributed by atoms with van der Waals surface area (Å²) in [6, 6.07) is 5.44. The molecule has 1 aromatic carbocycles. The van der Waals surface area contributed by atoms with Gasteiger partial charge in [-0.3, -0.25) is 0 Å². The molecule has 0 aliphatic heterocycles. The minimum Gasteiger partial charge on any atom is -0.465 e. The Morgan fingerprint density at radius 1 is 1.44 bits per heavy atom. The zero-order chi connectivity index (χ0) is 11.7. The monoisotopic (exact) mass is 237 g/mol. The highest BCUT2D eigenvalue weighted by Crippen LogP contribution is 2.25. The number of aromatic nitrogens is 1. The summed E-state index contributed by atoms with van der Waals surface area (Å²) in [5, 5.41) is 1.47. The molecule has 0 saturated heterocycles. The van der Waals surface area contributed by atoms with E-state index in [0.717, 1.165) is 23.0 Å². The Labute approximate surface area is 98.4 Å². The predicted molar refractivity (Wildman–Crippen MR) is 64.0 cm³/mol. The van der Waals surface area contributed by atoms with Gasteiger partial charge in [-0.25, -0.2) is 4.79 Å². The van der Waals surface area contributed by atoms with Crippen LogP contribution in [-0.2, 0) is 11.2 Å². The normalized spacial score (nSPS) is 10.7. The highest BCUT2D eigenvalue weighted by Gasteiger charge is 2.13. The highest BCUT2D eigenvalue weighted by atomic mass is 35.5. The first kappa shape index (κ1) is 11.0. The first-order chi connectivity index (χ1) is 7.65. The minimum atomic E-state index is -0.378. The summed E-state index contributed by atoms with van der Waals surface area (Å²) in [7, 11) is 1.36. The number of halogens is 1. The number of nitrogens with one attached hydrogen (secondary N) is 1. The molecule has 1 aromatic heterocycles. The van der Waals surface area contributed by atoms with Crippen LogP contribution >= 0.6 is 11.6 Å². The second-order valence-corrected chi connectivity index (χ2v) is 3.99. The molecule has 0 amide bonds. The summed E-state index contributed by atoms with van der Waals surface area (Å²) >= 11 is 5.96. The molecule has 1 heterocycles. The Kier molecular flexibility index (Phi) is 2.88. The number of rotatable bonds is 2. The summed E-state index contributed by atoms with van der Waals surface area (Å²) in [5.74, 6) is -0.378. The smallest absolute Gasteiger partial charge is 0.340 e. The van der Waals surface area contributed by atoms with Crippen molar-refractivity contribution in [3.05, 3.63) is 34.5 Å². The third-order valence-electron chi connectivity index (χ3n) is 2.54. The van der Waals surface area contributed by atoms with E-state index in [-0.39, 0.29) is 5.97 Å². The van der Waals surface area contributed by atoms with Gasteiger partial charge in [0.25, 0.3) is 0 Å². The van der Waals surface area contributed by atoms with Gasteiger partial charge in [0, 0.05) is 16.1 Å². The average Bonchev–Trinajstić information content (AvgIpc) is 2.69. The molecule has 0 radical (unpaired) electrons. The molecule has 0 bridgehead atoms. The molecule has 0 unspecified atom stereocenters. The van der Waals surface area contributed by atoms with Crippen LogP contribution in [0.15, 0.2) is 18.2 Å². The van der Waals surface area contributed by atoms with Gasteiger partial charge in [0.05, 0.1) is 18.2 Å². The predicted octanol–water partition coefficient (Wildman–Crippen LogP) is 3.17. The second kappa shape index (κ2) is 4.18. The number of H-pyrrole nitrogens is 1. The maximum Gasteiger partial charge on any atom is 0.340 e. The Balaban J connectivity index is 2.70. The molecule has 0 atom stereocenters. The molecule has 16 heavy (non-hydrogen) atoms. The van der Waals surface area contributed by atoms with Crippen LogP contribution in [0.3, 0.4) is 0 Å². The molecule has 0 aliphatic rings. The lowest BCUT2D eigenvalue weighted by Gasteiger charge is -2.01. The molecular formula is C12H12ClNO2. The molecule has 0 fully saturated rings. The Morgan fingerprint density at radius 2 is 2.19 bits per heavy atom. The molecule has 4 heteroatoms. The SMILES string of the molecule is CCc1cc2cc(Cl)cc(C(=O)OC)c2[nH]1. The van der Waals surface area contributed by atoms with Crippen molar-refractivity contribution < 1.29 is 9.53 Å². The van der Waals surface area contributed by atoms with Crippen LogP contribution in [0.2, 0.25) is 5.02 Å². The number of hydrogen-bond donors (Lipinski definition) is 1. The maximum atomic E-state index is 11.6. The van der Waals surface area contributed by atoms with Crippen molar-refractivity contribution in [2.45, 2.75) is 13.3 Å². The number of carbonyl (C=O) groups excluding carboxylic acids is 1. The van der Waals surface area contributed by atoms with Crippen LogP contribution < -0.4 is 0 Å². The van der Waals surface area contributed by atoms with Gasteiger partial charge in [-0.05, 0) is 24.6 Å². The van der Waals surface area contributed by atoms with Gasteiger partial charge in [-0.2, -0.15) is 0 Å². The number of aromatic amines is 1. The molecule has 0 aliphatic carbocycles. The van der Waals surface area contributed by atoms with Crippen molar-refractivity contribution in [1.82, 2.24) is 4.98 Å². The molecule has 2 rings (SSSR count). The van der Waals surface area contributed by atoms with Gasteiger partial charge >= 0.3 is 5.97 Å². The Hall–Kier alpha value is -1.48. The van der Waals surface area contributed by atoms with E-state index in [1.807, 2.05) is 19.1 Å². The van der Waals surface area contributed by atoms with Gasteiger partial charge in [0.1, 0.15) is 0 Å². The summed E-state index contributed by atoms with van der Waals surface area (Å²) in [4.78, 5) is 14.8. The fourth-order valence-electron chi connectivity index (χ4n) is 1.73. The van der Waals surface area contributed by atoms with Gasteiger partial charge < -0.3 is 9.72 Å². The molecule has 2 aromatic rings. The third kappa shape index (κ3) is 1.78. The van der Waals surface area contributed by atoms with Gasteiger partial charge in [0.15, 0.2) is 0 Å². The number of methoxy groups -OCH3 is 1. The summed E-state index contributed by atoms with van der Waals surface area (Å²) < 4.78 is 4.72. The van der Waals surface area contributed by atoms with E-state index >= 15 is 0 Å². The number of benzene rings is 1. The zero-order valence-corrected chi connectivity index (χ0v) is 9.89. The van der Waals surface area contributed by atoms with Crippen LogP contribution in [0.4, 0.5) is 0 Å². The lowest BCUT2D eigenvalue weighted by Crippen LogP contribution is -2.02. The number of ether oxygens (including phenoxy) is 1. The average molecular weight is 238 g/mol. The van der Waals surface area contributed by atoms with Gasteiger partial charge in [0.2, 0.25) is 0 Å².